The summed E-state index contributed by atoms with van der Waals surface area (Å²) < 4.78 is 5.11. The van der Waals surface area contributed by atoms with Gasteiger partial charge in [0, 0.05) is 46.5 Å². The van der Waals surface area contributed by atoms with Crippen LogP contribution < -0.4 is 10.6 Å². The summed E-state index contributed by atoms with van der Waals surface area (Å²) in [7, 11) is 1.15. The van der Waals surface area contributed by atoms with E-state index in [9.17, 15) is 0 Å². The number of fused-ring (bicyclic) bond motifs is 7. The molecule has 0 spiro atoms. The minimum Gasteiger partial charge on any atom is -0.352 e. The molecule has 0 unspecified atom stereocenters. The van der Waals surface area contributed by atoms with Gasteiger partial charge in [-0.25, -0.2) is 0 Å². The summed E-state index contributed by atoms with van der Waals surface area (Å²) in [4.78, 5) is 0. The van der Waals surface area contributed by atoms with Gasteiger partial charge in [-0.05, 0) is 96.4 Å². The van der Waals surface area contributed by atoms with Gasteiger partial charge in [-0.15, -0.1) is 0 Å². The fourth-order valence-corrected chi connectivity index (χ4v) is 23.1. The Hall–Kier alpha value is -2.83. The molecule has 2 heterocycles. The van der Waals surface area contributed by atoms with E-state index in [2.05, 4.69) is 160 Å². The van der Waals surface area contributed by atoms with Gasteiger partial charge in [-0.2, -0.15) is 0 Å². The highest BCUT2D eigenvalue weighted by Gasteiger charge is 2.46. The lowest BCUT2D eigenvalue weighted by Gasteiger charge is -2.43. The zero-order valence-electron chi connectivity index (χ0n) is 30.3. The first-order valence-corrected chi connectivity index (χ1v) is 22.2. The maximum absolute atomic E-state index is 2.57. The monoisotopic (exact) mass is 632 g/mol. The average molecular weight is 633 g/mol. The summed E-state index contributed by atoms with van der Waals surface area (Å²) >= 11 is 0. The Balaban J connectivity index is 1.60. The molecule has 6 rings (SSSR count). The molecule has 0 saturated heterocycles. The van der Waals surface area contributed by atoms with Crippen LogP contribution in [0.25, 0.3) is 54.1 Å². The summed E-state index contributed by atoms with van der Waals surface area (Å²) in [5.74, 6) is 0. The molecule has 6 aromatic rings. The van der Waals surface area contributed by atoms with E-state index in [1.807, 2.05) is 0 Å². The largest absolute Gasteiger partial charge is 0.352 e. The maximum atomic E-state index is 2.57. The van der Waals surface area contributed by atoms with Gasteiger partial charge in [0.2, 0.25) is 0 Å². The van der Waals surface area contributed by atoms with E-state index < -0.39 is 16.1 Å². The van der Waals surface area contributed by atoms with Crippen molar-refractivity contribution in [1.82, 2.24) is 9.13 Å². The zero-order valence-corrected chi connectivity index (χ0v) is 32.3. The van der Waals surface area contributed by atoms with Crippen molar-refractivity contribution >= 4 is 80.9 Å². The van der Waals surface area contributed by atoms with E-state index in [4.69, 9.17) is 0 Å². The third kappa shape index (κ3) is 4.38. The van der Waals surface area contributed by atoms with Gasteiger partial charge in [0.05, 0.1) is 0 Å². The number of hydrogen-bond donors (Lipinski definition) is 0. The van der Waals surface area contributed by atoms with Crippen molar-refractivity contribution in [2.45, 2.75) is 110 Å². The van der Waals surface area contributed by atoms with Crippen LogP contribution in [0.2, 0.25) is 33.7 Å². The highest BCUT2D eigenvalue weighted by Crippen LogP contribution is 2.43. The Kier molecular flexibility index (Phi) is 7.97. The molecule has 0 amide bonds. The third-order valence-electron chi connectivity index (χ3n) is 12.6. The highest BCUT2D eigenvalue weighted by molar-refractivity contribution is 6.95. The Morgan fingerprint density at radius 3 is 1.24 bits per heavy atom. The molecule has 0 bridgehead atoms. The molecule has 2 nitrogen and oxygen atoms in total. The van der Waals surface area contributed by atoms with Crippen molar-refractivity contribution < 1.29 is 0 Å². The fraction of sp³-hybridized carbons (Fsp3) is 0.463. The molecule has 2 aromatic heterocycles. The van der Waals surface area contributed by atoms with Crippen LogP contribution >= 0.6 is 0 Å². The zero-order chi connectivity index (χ0) is 32.7. The second kappa shape index (κ2) is 11.2. The van der Waals surface area contributed by atoms with Gasteiger partial charge >= 0.3 is 0 Å². The van der Waals surface area contributed by atoms with Crippen LogP contribution in [0.15, 0.2) is 60.7 Å². The van der Waals surface area contributed by atoms with E-state index >= 15 is 0 Å². The number of nitrogens with zero attached hydrogens (tertiary/aromatic N) is 2. The van der Waals surface area contributed by atoms with Crippen LogP contribution in [0.3, 0.4) is 0 Å². The predicted molar refractivity (Wildman–Crippen MR) is 209 cm³/mol. The van der Waals surface area contributed by atoms with Crippen molar-refractivity contribution in [3.63, 3.8) is 0 Å². The Morgan fingerprint density at radius 1 is 0.467 bits per heavy atom. The molecule has 0 N–H and O–H groups in total. The van der Waals surface area contributed by atoms with Gasteiger partial charge in [0.1, 0.15) is 16.1 Å². The predicted octanol–water partition coefficient (Wildman–Crippen LogP) is 11.5. The maximum Gasteiger partial charge on any atom is 0.115 e. The number of benzene rings is 4. The SMILES string of the molecule is CC[Si](c1cc2cc3c(ccc4c5cc6cc([Si](C(C)C)(C(C)C)C(C)C)n(C)c6cc5ccc34)cc2n1C)(C(C)C)C(C)C. The molecule has 0 aliphatic heterocycles. The van der Waals surface area contributed by atoms with Crippen molar-refractivity contribution in [2.75, 3.05) is 0 Å². The first kappa shape index (κ1) is 32.1. The Morgan fingerprint density at radius 2 is 0.867 bits per heavy atom. The Bertz CT molecular complexity index is 2040. The molecule has 4 aromatic carbocycles. The summed E-state index contributed by atoms with van der Waals surface area (Å²) in [6, 6.07) is 25.8. The molecule has 0 radical (unpaired) electrons. The highest BCUT2D eigenvalue weighted by atomic mass is 28.3. The lowest BCUT2D eigenvalue weighted by atomic mass is 9.95. The van der Waals surface area contributed by atoms with Crippen molar-refractivity contribution in [2.24, 2.45) is 14.1 Å². The standard InChI is InChI=1S/C41H56N2Si2/c1-14-44(25(2)3,26(4)5)40-23-32-19-36-30(21-38(32)42(40)12)15-17-35-34(36)18-16-31-22-39-33(20-37(31)35)24-41(43(39)13)45(27(6)7,28(8)9)29(10)11/h15-29H,14H2,1-13H3. The van der Waals surface area contributed by atoms with E-state index in [0.29, 0.717) is 27.7 Å². The van der Waals surface area contributed by atoms with E-state index in [0.717, 1.165) is 0 Å². The normalized spacial score (nSPS) is 13.6. The average Bonchev–Trinajstić information content (AvgIpc) is 3.46. The van der Waals surface area contributed by atoms with Gasteiger partial charge < -0.3 is 9.13 Å². The smallest absolute Gasteiger partial charge is 0.115 e. The summed E-state index contributed by atoms with van der Waals surface area (Å²) in [6.45, 7) is 27.1. The van der Waals surface area contributed by atoms with Gasteiger partial charge in [0.15, 0.2) is 0 Å². The number of hydrogen-bond acceptors (Lipinski definition) is 0. The van der Waals surface area contributed by atoms with Crippen molar-refractivity contribution in [3.05, 3.63) is 60.7 Å². The molecule has 4 heteroatoms. The lowest BCUT2D eigenvalue weighted by Crippen LogP contribution is -2.57. The topological polar surface area (TPSA) is 9.86 Å². The molecule has 45 heavy (non-hydrogen) atoms. The van der Waals surface area contributed by atoms with Crippen LogP contribution in [0.1, 0.15) is 76.2 Å². The van der Waals surface area contributed by atoms with Crippen molar-refractivity contribution in [1.29, 1.82) is 0 Å². The first-order chi connectivity index (χ1) is 21.2. The van der Waals surface area contributed by atoms with Crippen LogP contribution in [-0.4, -0.2) is 25.3 Å². The second-order valence-electron chi connectivity index (χ2n) is 15.8. The quantitative estimate of drug-likeness (QED) is 0.117. The summed E-state index contributed by atoms with van der Waals surface area (Å²) in [5, 5.41) is 14.1. The van der Waals surface area contributed by atoms with E-state index in [-0.39, 0.29) is 0 Å². The third-order valence-corrected chi connectivity index (χ3v) is 26.4. The molecular weight excluding hydrogens is 577 g/mol. The minimum atomic E-state index is -1.79. The first-order valence-electron chi connectivity index (χ1n) is 17.6. The number of aromatic nitrogens is 2. The molecule has 238 valence electrons. The van der Waals surface area contributed by atoms with Crippen LogP contribution in [0.4, 0.5) is 0 Å². The van der Waals surface area contributed by atoms with Crippen LogP contribution in [0.5, 0.6) is 0 Å². The second-order valence-corrected chi connectivity index (χ2v) is 27.2. The molecule has 0 saturated carbocycles. The molecule has 0 fully saturated rings. The summed E-state index contributed by atoms with van der Waals surface area (Å²) in [6.07, 6.45) is 0. The summed E-state index contributed by atoms with van der Waals surface area (Å²) in [5.41, 5.74) is 6.20. The molecular formula is C41H56N2Si2. The van der Waals surface area contributed by atoms with E-state index in [1.54, 1.807) is 10.6 Å². The van der Waals surface area contributed by atoms with Crippen LogP contribution in [-0.2, 0) is 14.1 Å². The fourth-order valence-electron chi connectivity index (χ4n) is 10.5. The Labute approximate surface area is 273 Å². The molecule has 0 aliphatic rings. The number of rotatable bonds is 8. The van der Waals surface area contributed by atoms with E-state index in [1.165, 1.54) is 60.2 Å². The number of aryl methyl sites for hydroxylation is 2. The van der Waals surface area contributed by atoms with Crippen LogP contribution in [0, 0.1) is 0 Å². The molecule has 0 atom stereocenters. The van der Waals surface area contributed by atoms with Crippen molar-refractivity contribution in [3.8, 4) is 0 Å². The molecule has 0 aliphatic carbocycles. The van der Waals surface area contributed by atoms with Gasteiger partial charge in [-0.3, -0.25) is 0 Å². The minimum absolute atomic E-state index is 0.684. The van der Waals surface area contributed by atoms with Gasteiger partial charge in [0.25, 0.3) is 0 Å². The van der Waals surface area contributed by atoms with Gasteiger partial charge in [-0.1, -0.05) is 106 Å². The lowest BCUT2D eigenvalue weighted by molar-refractivity contribution is 0.820.